The molecule has 2 rings (SSSR count). The van der Waals surface area contributed by atoms with Gasteiger partial charge in [-0.05, 0) is 30.2 Å². The Morgan fingerprint density at radius 2 is 1.91 bits per heavy atom. The second kappa shape index (κ2) is 7.75. The maximum absolute atomic E-state index is 12.8. The van der Waals surface area contributed by atoms with Gasteiger partial charge in [-0.15, -0.1) is 0 Å². The van der Waals surface area contributed by atoms with Gasteiger partial charge in [-0.25, -0.2) is 4.39 Å². The molecule has 1 aromatic heterocycles. The van der Waals surface area contributed by atoms with Crippen LogP contribution in [-0.2, 0) is 17.8 Å². The summed E-state index contributed by atoms with van der Waals surface area (Å²) in [4.78, 5) is 23.3. The lowest BCUT2D eigenvalue weighted by Gasteiger charge is -2.07. The number of pyridine rings is 1. The summed E-state index contributed by atoms with van der Waals surface area (Å²) in [7, 11) is 0. The van der Waals surface area contributed by atoms with Crippen molar-refractivity contribution in [3.63, 3.8) is 0 Å². The summed E-state index contributed by atoms with van der Waals surface area (Å²) in [6.07, 6.45) is 2.40. The highest BCUT2D eigenvalue weighted by atomic mass is 35.5. The van der Waals surface area contributed by atoms with Crippen LogP contribution in [0.15, 0.2) is 47.4 Å². The first kappa shape index (κ1) is 16.2. The largest absolute Gasteiger partial charge is 0.356 e. The monoisotopic (exact) mass is 322 g/mol. The van der Waals surface area contributed by atoms with Crippen LogP contribution < -0.4 is 10.9 Å². The number of halogens is 2. The molecule has 22 heavy (non-hydrogen) atoms. The van der Waals surface area contributed by atoms with Crippen LogP contribution in [0.4, 0.5) is 4.39 Å². The van der Waals surface area contributed by atoms with Crippen LogP contribution in [0.2, 0.25) is 5.02 Å². The predicted molar refractivity (Wildman–Crippen MR) is 83.4 cm³/mol. The van der Waals surface area contributed by atoms with Gasteiger partial charge < -0.3 is 9.88 Å². The van der Waals surface area contributed by atoms with Crippen LogP contribution in [0.3, 0.4) is 0 Å². The van der Waals surface area contributed by atoms with Crippen LogP contribution in [-0.4, -0.2) is 17.0 Å². The molecule has 0 saturated carbocycles. The van der Waals surface area contributed by atoms with Gasteiger partial charge in [0.25, 0.3) is 5.56 Å². The van der Waals surface area contributed by atoms with E-state index in [4.69, 9.17) is 11.6 Å². The van der Waals surface area contributed by atoms with E-state index in [9.17, 15) is 14.0 Å². The van der Waals surface area contributed by atoms with E-state index in [1.165, 1.54) is 22.8 Å². The van der Waals surface area contributed by atoms with Crippen molar-refractivity contribution >= 4 is 17.5 Å². The zero-order valence-electron chi connectivity index (χ0n) is 11.9. The summed E-state index contributed by atoms with van der Waals surface area (Å²) < 4.78 is 14.3. The zero-order chi connectivity index (χ0) is 15.9. The third-order valence-electron chi connectivity index (χ3n) is 3.12. The summed E-state index contributed by atoms with van der Waals surface area (Å²) in [5, 5.41) is 3.27. The maximum atomic E-state index is 12.8. The van der Waals surface area contributed by atoms with Gasteiger partial charge in [0.1, 0.15) is 5.82 Å². The van der Waals surface area contributed by atoms with Crippen molar-refractivity contribution in [1.82, 2.24) is 9.88 Å². The summed E-state index contributed by atoms with van der Waals surface area (Å²) in [6, 6.07) is 8.78. The Morgan fingerprint density at radius 3 is 2.64 bits per heavy atom. The molecule has 0 aliphatic carbocycles. The molecule has 0 fully saturated rings. The van der Waals surface area contributed by atoms with Crippen LogP contribution in [0, 0.1) is 5.82 Å². The zero-order valence-corrected chi connectivity index (χ0v) is 12.6. The first-order valence-electron chi connectivity index (χ1n) is 6.92. The molecule has 0 unspecified atom stereocenters. The molecule has 1 N–H and O–H groups in total. The molecule has 4 nitrogen and oxygen atoms in total. The van der Waals surface area contributed by atoms with Gasteiger partial charge in [0, 0.05) is 25.4 Å². The fourth-order valence-corrected chi connectivity index (χ4v) is 2.19. The lowest BCUT2D eigenvalue weighted by Crippen LogP contribution is -2.28. The minimum atomic E-state index is -0.323. The van der Waals surface area contributed by atoms with E-state index in [1.807, 2.05) is 0 Å². The second-order valence-electron chi connectivity index (χ2n) is 4.89. The number of amides is 1. The van der Waals surface area contributed by atoms with E-state index in [1.54, 1.807) is 24.4 Å². The van der Waals surface area contributed by atoms with Gasteiger partial charge >= 0.3 is 0 Å². The smallest absolute Gasteiger partial charge is 0.250 e. The van der Waals surface area contributed by atoms with Gasteiger partial charge in [0.15, 0.2) is 0 Å². The summed E-state index contributed by atoms with van der Waals surface area (Å²) in [6.45, 7) is 0.940. The number of hydrogen-bond acceptors (Lipinski definition) is 2. The molecule has 0 aliphatic rings. The molecule has 1 heterocycles. The van der Waals surface area contributed by atoms with Crippen LogP contribution in [0.5, 0.6) is 0 Å². The van der Waals surface area contributed by atoms with Crippen molar-refractivity contribution in [3.05, 3.63) is 69.4 Å². The third-order valence-corrected chi connectivity index (χ3v) is 3.35. The number of rotatable bonds is 6. The minimum Gasteiger partial charge on any atom is -0.356 e. The Bertz CT molecular complexity index is 698. The molecule has 0 saturated heterocycles. The number of aromatic nitrogens is 1. The van der Waals surface area contributed by atoms with Crippen LogP contribution in [0.1, 0.15) is 12.0 Å². The van der Waals surface area contributed by atoms with Gasteiger partial charge in [-0.3, -0.25) is 9.59 Å². The molecule has 0 atom stereocenters. The molecular weight excluding hydrogens is 307 g/mol. The number of aryl methyl sites for hydroxylation is 1. The van der Waals surface area contributed by atoms with Crippen LogP contribution in [0.25, 0.3) is 0 Å². The predicted octanol–water partition coefficient (Wildman–Crippen LogP) is 2.39. The normalized spacial score (nSPS) is 10.5. The third kappa shape index (κ3) is 5.00. The SMILES string of the molecule is O=C(Cc1ccc(F)cc1)NCCCn1cc(Cl)ccc1=O. The Morgan fingerprint density at radius 1 is 1.18 bits per heavy atom. The standard InChI is InChI=1S/C16H16ClFN2O2/c17-13-4-7-16(22)20(11-13)9-1-8-19-15(21)10-12-2-5-14(18)6-3-12/h2-7,11H,1,8-10H2,(H,19,21). The topological polar surface area (TPSA) is 51.1 Å². The summed E-state index contributed by atoms with van der Waals surface area (Å²) >= 11 is 5.83. The molecule has 116 valence electrons. The number of benzene rings is 1. The molecule has 0 radical (unpaired) electrons. The highest BCUT2D eigenvalue weighted by Gasteiger charge is 2.03. The molecule has 0 bridgehead atoms. The highest BCUT2D eigenvalue weighted by molar-refractivity contribution is 6.30. The molecule has 0 spiro atoms. The van der Waals surface area contributed by atoms with E-state index in [2.05, 4.69) is 5.32 Å². The van der Waals surface area contributed by atoms with Crippen molar-refractivity contribution < 1.29 is 9.18 Å². The molecule has 1 aromatic carbocycles. The Labute approximate surface area is 132 Å². The molecular formula is C16H16ClFN2O2. The van der Waals surface area contributed by atoms with Crippen molar-refractivity contribution in [1.29, 1.82) is 0 Å². The van der Waals surface area contributed by atoms with Gasteiger partial charge in [0.2, 0.25) is 5.91 Å². The lowest BCUT2D eigenvalue weighted by atomic mass is 10.1. The lowest BCUT2D eigenvalue weighted by molar-refractivity contribution is -0.120. The summed E-state index contributed by atoms with van der Waals surface area (Å²) in [5.41, 5.74) is 0.631. The number of carbonyl (C=O) groups is 1. The number of nitrogens with zero attached hydrogens (tertiary/aromatic N) is 1. The Hall–Kier alpha value is -2.14. The van der Waals surface area contributed by atoms with Crippen molar-refractivity contribution in [2.45, 2.75) is 19.4 Å². The molecule has 6 heteroatoms. The van der Waals surface area contributed by atoms with Gasteiger partial charge in [-0.2, -0.15) is 0 Å². The van der Waals surface area contributed by atoms with E-state index < -0.39 is 0 Å². The van der Waals surface area contributed by atoms with E-state index >= 15 is 0 Å². The fourth-order valence-electron chi connectivity index (χ4n) is 2.00. The van der Waals surface area contributed by atoms with E-state index in [0.29, 0.717) is 24.5 Å². The first-order chi connectivity index (χ1) is 10.5. The van der Waals surface area contributed by atoms with Crippen molar-refractivity contribution in [2.75, 3.05) is 6.54 Å². The van der Waals surface area contributed by atoms with E-state index in [-0.39, 0.29) is 23.7 Å². The highest BCUT2D eigenvalue weighted by Crippen LogP contribution is 2.04. The van der Waals surface area contributed by atoms with Crippen LogP contribution >= 0.6 is 11.6 Å². The first-order valence-corrected chi connectivity index (χ1v) is 7.29. The minimum absolute atomic E-state index is 0.123. The van der Waals surface area contributed by atoms with Crippen molar-refractivity contribution in [3.8, 4) is 0 Å². The molecule has 1 amide bonds. The quantitative estimate of drug-likeness (QED) is 0.830. The average molecular weight is 323 g/mol. The Balaban J connectivity index is 1.74. The second-order valence-corrected chi connectivity index (χ2v) is 5.32. The molecule has 2 aromatic rings. The Kier molecular flexibility index (Phi) is 5.72. The fraction of sp³-hybridized carbons (Fsp3) is 0.250. The average Bonchev–Trinajstić information content (AvgIpc) is 2.49. The summed E-state index contributed by atoms with van der Waals surface area (Å²) in [5.74, 6) is -0.457. The van der Waals surface area contributed by atoms with Gasteiger partial charge in [-0.1, -0.05) is 23.7 Å². The van der Waals surface area contributed by atoms with Crippen molar-refractivity contribution in [2.24, 2.45) is 0 Å². The number of carbonyl (C=O) groups excluding carboxylic acids is 1. The van der Waals surface area contributed by atoms with E-state index in [0.717, 1.165) is 5.56 Å². The maximum Gasteiger partial charge on any atom is 0.250 e. The molecule has 0 aliphatic heterocycles. The van der Waals surface area contributed by atoms with Gasteiger partial charge in [0.05, 0.1) is 11.4 Å². The number of hydrogen-bond donors (Lipinski definition) is 1. The number of nitrogens with one attached hydrogen (secondary N) is 1.